The smallest absolute Gasteiger partial charge is 0.294 e. The number of hydrogen-bond acceptors (Lipinski definition) is 5. The topological polar surface area (TPSA) is 75.7 Å². The van der Waals surface area contributed by atoms with Crippen LogP contribution in [0.3, 0.4) is 0 Å². The number of rotatable bonds is 7. The summed E-state index contributed by atoms with van der Waals surface area (Å²) in [7, 11) is 0. The van der Waals surface area contributed by atoms with Crippen molar-refractivity contribution < 1.29 is 23.5 Å². The molecule has 3 aromatic carbocycles. The molecule has 0 bridgehead atoms. The van der Waals surface area contributed by atoms with Crippen molar-refractivity contribution in [3.05, 3.63) is 96.6 Å². The fourth-order valence-corrected chi connectivity index (χ4v) is 4.87. The number of nitrogens with zero attached hydrogens (tertiary/aromatic N) is 1. The molecule has 0 radical (unpaired) electrons. The van der Waals surface area contributed by atoms with Gasteiger partial charge in [-0.1, -0.05) is 24.3 Å². The van der Waals surface area contributed by atoms with E-state index in [0.29, 0.717) is 22.4 Å². The van der Waals surface area contributed by atoms with Crippen LogP contribution in [0.4, 0.5) is 14.9 Å². The van der Waals surface area contributed by atoms with Crippen molar-refractivity contribution in [1.29, 1.82) is 0 Å². The van der Waals surface area contributed by atoms with Crippen LogP contribution < -0.4 is 10.1 Å². The molecule has 0 saturated carbocycles. The highest BCUT2D eigenvalue weighted by molar-refractivity contribution is 14.1. The van der Waals surface area contributed by atoms with Crippen LogP contribution in [-0.4, -0.2) is 28.5 Å². The summed E-state index contributed by atoms with van der Waals surface area (Å²) in [5.41, 5.74) is 1.97. The Bertz CT molecular complexity index is 1330. The molecule has 1 heterocycles. The predicted molar refractivity (Wildman–Crippen MR) is 145 cm³/mol. The molecule has 6 nitrogen and oxygen atoms in total. The third-order valence-electron chi connectivity index (χ3n) is 4.84. The van der Waals surface area contributed by atoms with Crippen molar-refractivity contribution in [1.82, 2.24) is 4.90 Å². The summed E-state index contributed by atoms with van der Waals surface area (Å²) in [6, 6.07) is 18.7. The van der Waals surface area contributed by atoms with Gasteiger partial charge in [-0.05, 0) is 110 Å². The van der Waals surface area contributed by atoms with Crippen LogP contribution in [-0.2, 0) is 16.2 Å². The first-order chi connectivity index (χ1) is 16.8. The molecule has 1 N–H and O–H groups in total. The Labute approximate surface area is 227 Å². The average Bonchev–Trinajstić information content (AvgIpc) is 3.07. The van der Waals surface area contributed by atoms with E-state index in [9.17, 15) is 18.8 Å². The minimum absolute atomic E-state index is 0.202. The van der Waals surface area contributed by atoms with Crippen molar-refractivity contribution >= 4 is 79.1 Å². The van der Waals surface area contributed by atoms with Gasteiger partial charge in [-0.15, -0.1) is 0 Å². The Morgan fingerprint density at radius 3 is 2.60 bits per heavy atom. The maximum atomic E-state index is 13.3. The lowest BCUT2D eigenvalue weighted by molar-refractivity contribution is -0.127. The van der Waals surface area contributed by atoms with E-state index in [1.165, 1.54) is 18.2 Å². The van der Waals surface area contributed by atoms with Crippen LogP contribution in [0, 0.1) is 9.39 Å². The van der Waals surface area contributed by atoms with Gasteiger partial charge >= 0.3 is 0 Å². The van der Waals surface area contributed by atoms with Crippen LogP contribution in [0.5, 0.6) is 5.75 Å². The zero-order valence-electron chi connectivity index (χ0n) is 18.0. The van der Waals surface area contributed by atoms with Gasteiger partial charge in [0.15, 0.2) is 0 Å². The molecule has 4 rings (SSSR count). The summed E-state index contributed by atoms with van der Waals surface area (Å²) in [5, 5.41) is 1.93. The van der Waals surface area contributed by atoms with Crippen molar-refractivity contribution in [2.45, 2.75) is 6.61 Å². The first kappa shape index (κ1) is 25.4. The Morgan fingerprint density at radius 1 is 1.11 bits per heavy atom. The monoisotopic (exact) mass is 666 g/mol. The van der Waals surface area contributed by atoms with Crippen LogP contribution in [0.2, 0.25) is 0 Å². The van der Waals surface area contributed by atoms with Crippen molar-refractivity contribution in [2.75, 3.05) is 11.9 Å². The minimum Gasteiger partial charge on any atom is -0.488 e. The number of nitrogens with one attached hydrogen (secondary N) is 1. The van der Waals surface area contributed by atoms with Gasteiger partial charge in [0.05, 0.1) is 9.38 Å². The molecule has 3 aromatic rings. The predicted octanol–water partition coefficient (Wildman–Crippen LogP) is 6.45. The number of amides is 3. The Balaban J connectivity index is 1.39. The third kappa shape index (κ3) is 6.71. The van der Waals surface area contributed by atoms with E-state index >= 15 is 0 Å². The second kappa shape index (κ2) is 11.4. The number of imide groups is 1. The summed E-state index contributed by atoms with van der Waals surface area (Å²) in [4.78, 5) is 38.4. The minimum atomic E-state index is -0.600. The zero-order chi connectivity index (χ0) is 24.9. The SMILES string of the molecule is O=C(CN1C(=O)S/C(=C/c2ccc(OCc3ccc(I)cc3)c(Br)c2)C1=O)Nc1cccc(F)c1. The number of hydrogen-bond donors (Lipinski definition) is 1. The number of benzene rings is 3. The van der Waals surface area contributed by atoms with Gasteiger partial charge in [-0.25, -0.2) is 4.39 Å². The lowest BCUT2D eigenvalue weighted by Crippen LogP contribution is -2.36. The van der Waals surface area contributed by atoms with E-state index < -0.39 is 29.4 Å². The van der Waals surface area contributed by atoms with Gasteiger partial charge in [-0.2, -0.15) is 0 Å². The highest BCUT2D eigenvalue weighted by Crippen LogP contribution is 2.34. The maximum Gasteiger partial charge on any atom is 0.294 e. The molecule has 0 aromatic heterocycles. The molecule has 0 atom stereocenters. The van der Waals surface area contributed by atoms with Gasteiger partial charge < -0.3 is 10.1 Å². The first-order valence-corrected chi connectivity index (χ1v) is 12.9. The summed E-state index contributed by atoms with van der Waals surface area (Å²) >= 11 is 6.49. The lowest BCUT2D eigenvalue weighted by atomic mass is 10.2. The summed E-state index contributed by atoms with van der Waals surface area (Å²) in [5.74, 6) is -1.03. The molecule has 1 aliphatic heterocycles. The second-order valence-electron chi connectivity index (χ2n) is 7.43. The van der Waals surface area contributed by atoms with E-state index in [4.69, 9.17) is 4.74 Å². The quantitative estimate of drug-likeness (QED) is 0.232. The normalized spacial score (nSPS) is 14.5. The van der Waals surface area contributed by atoms with E-state index in [0.717, 1.165) is 31.9 Å². The van der Waals surface area contributed by atoms with Crippen LogP contribution in [0.1, 0.15) is 11.1 Å². The van der Waals surface area contributed by atoms with E-state index in [1.54, 1.807) is 24.3 Å². The van der Waals surface area contributed by atoms with Crippen LogP contribution in [0.15, 0.2) is 76.1 Å². The molecule has 0 spiro atoms. The molecule has 0 aliphatic carbocycles. The Kier molecular flexibility index (Phi) is 8.24. The Hall–Kier alpha value is -2.70. The summed E-state index contributed by atoms with van der Waals surface area (Å²) < 4.78 is 21.0. The second-order valence-corrected chi connectivity index (χ2v) is 10.5. The number of ether oxygens (including phenoxy) is 1. The van der Waals surface area contributed by atoms with Gasteiger partial charge in [0, 0.05) is 9.26 Å². The highest BCUT2D eigenvalue weighted by Gasteiger charge is 2.36. The molecule has 1 saturated heterocycles. The number of anilines is 1. The van der Waals surface area contributed by atoms with Gasteiger partial charge in [-0.3, -0.25) is 19.3 Å². The lowest BCUT2D eigenvalue weighted by Gasteiger charge is -2.12. The fourth-order valence-electron chi connectivity index (χ4n) is 3.16. The first-order valence-electron chi connectivity index (χ1n) is 10.3. The molecule has 178 valence electrons. The van der Waals surface area contributed by atoms with Gasteiger partial charge in [0.1, 0.15) is 24.7 Å². The number of thioether (sulfide) groups is 1. The van der Waals surface area contributed by atoms with E-state index in [-0.39, 0.29) is 10.6 Å². The van der Waals surface area contributed by atoms with Crippen molar-refractivity contribution in [2.24, 2.45) is 0 Å². The highest BCUT2D eigenvalue weighted by atomic mass is 127. The Morgan fingerprint density at radius 2 is 1.89 bits per heavy atom. The standard InChI is InChI=1S/C25H17BrFIN2O4S/c26-20-10-16(6-9-21(20)34-14-15-4-7-18(28)8-5-15)11-22-24(32)30(25(33)35-22)13-23(31)29-19-3-1-2-17(27)12-19/h1-12H,13-14H2,(H,29,31)/b22-11+. The summed E-state index contributed by atoms with van der Waals surface area (Å²) in [6.07, 6.45) is 1.59. The van der Waals surface area contributed by atoms with Crippen molar-refractivity contribution in [3.63, 3.8) is 0 Å². The number of carbonyl (C=O) groups excluding carboxylic acids is 3. The van der Waals surface area contributed by atoms with Crippen LogP contribution >= 0.6 is 50.3 Å². The largest absolute Gasteiger partial charge is 0.488 e. The number of carbonyl (C=O) groups is 3. The molecule has 0 unspecified atom stereocenters. The third-order valence-corrected chi connectivity index (χ3v) is 7.09. The zero-order valence-corrected chi connectivity index (χ0v) is 22.5. The van der Waals surface area contributed by atoms with Gasteiger partial charge in [0.25, 0.3) is 11.1 Å². The maximum absolute atomic E-state index is 13.3. The van der Waals surface area contributed by atoms with E-state index in [1.807, 2.05) is 24.3 Å². The van der Waals surface area contributed by atoms with Crippen molar-refractivity contribution in [3.8, 4) is 5.75 Å². The molecule has 10 heteroatoms. The number of halogens is 3. The molecule has 1 aliphatic rings. The molecular weight excluding hydrogens is 650 g/mol. The molecule has 35 heavy (non-hydrogen) atoms. The van der Waals surface area contributed by atoms with Gasteiger partial charge in [0.2, 0.25) is 5.91 Å². The molecular formula is C25H17BrFIN2O4S. The van der Waals surface area contributed by atoms with E-state index in [2.05, 4.69) is 43.8 Å². The molecule has 1 fully saturated rings. The average molecular weight is 667 g/mol. The van der Waals surface area contributed by atoms with Crippen LogP contribution in [0.25, 0.3) is 6.08 Å². The molecule has 3 amide bonds. The summed E-state index contributed by atoms with van der Waals surface area (Å²) in [6.45, 7) is -0.0566. The fraction of sp³-hybridized carbons (Fsp3) is 0.0800.